The number of aryl methyl sites for hydroxylation is 1. The summed E-state index contributed by atoms with van der Waals surface area (Å²) in [6.45, 7) is 1.86. The molecular weight excluding hydrogens is 214 g/mol. The van der Waals surface area contributed by atoms with Gasteiger partial charge in [-0.3, -0.25) is 0 Å². The van der Waals surface area contributed by atoms with Crippen LogP contribution in [0.15, 0.2) is 17.9 Å². The SMILES string of the molecule is Cc1nc(-c2cncnc2C(=O)O)cs1. The third-order valence-corrected chi connectivity index (χ3v) is 2.58. The molecule has 0 aliphatic rings. The number of thiazole rings is 1. The molecule has 0 aromatic carbocycles. The van der Waals surface area contributed by atoms with Crippen molar-refractivity contribution in [1.29, 1.82) is 0 Å². The number of carbonyl (C=O) groups is 1. The Morgan fingerprint density at radius 2 is 2.33 bits per heavy atom. The molecular formula is C9H7N3O2S. The molecule has 2 rings (SSSR count). The number of hydrogen-bond acceptors (Lipinski definition) is 5. The monoisotopic (exact) mass is 221 g/mol. The summed E-state index contributed by atoms with van der Waals surface area (Å²) in [5.74, 6) is -1.07. The molecule has 0 saturated heterocycles. The van der Waals surface area contributed by atoms with Crippen molar-refractivity contribution in [3.63, 3.8) is 0 Å². The van der Waals surface area contributed by atoms with E-state index >= 15 is 0 Å². The lowest BCUT2D eigenvalue weighted by Gasteiger charge is -1.99. The minimum atomic E-state index is -1.07. The van der Waals surface area contributed by atoms with Crippen LogP contribution in [0.5, 0.6) is 0 Å². The van der Waals surface area contributed by atoms with Crippen LogP contribution in [-0.2, 0) is 0 Å². The zero-order chi connectivity index (χ0) is 10.8. The largest absolute Gasteiger partial charge is 0.476 e. The number of hydrogen-bond donors (Lipinski definition) is 1. The molecule has 0 aliphatic carbocycles. The summed E-state index contributed by atoms with van der Waals surface area (Å²) < 4.78 is 0. The molecule has 0 fully saturated rings. The number of aromatic carboxylic acids is 1. The fourth-order valence-corrected chi connectivity index (χ4v) is 1.79. The molecule has 0 amide bonds. The lowest BCUT2D eigenvalue weighted by Crippen LogP contribution is -2.03. The van der Waals surface area contributed by atoms with E-state index in [1.54, 1.807) is 5.38 Å². The average Bonchev–Trinajstić information content (AvgIpc) is 2.65. The molecule has 2 aromatic heterocycles. The highest BCUT2D eigenvalue weighted by Crippen LogP contribution is 2.22. The quantitative estimate of drug-likeness (QED) is 0.833. The number of carboxylic acids is 1. The fourth-order valence-electron chi connectivity index (χ4n) is 1.17. The standard InChI is InChI=1S/C9H7N3O2S/c1-5-12-7(3-15-5)6-2-10-4-11-8(6)9(13)14/h2-4H,1H3,(H,13,14). The Kier molecular flexibility index (Phi) is 2.42. The van der Waals surface area contributed by atoms with Crippen LogP contribution in [0.2, 0.25) is 0 Å². The Hall–Kier alpha value is -1.82. The summed E-state index contributed by atoms with van der Waals surface area (Å²) in [7, 11) is 0. The van der Waals surface area contributed by atoms with Crippen molar-refractivity contribution >= 4 is 17.3 Å². The van der Waals surface area contributed by atoms with Gasteiger partial charge in [0.15, 0.2) is 5.69 Å². The summed E-state index contributed by atoms with van der Waals surface area (Å²) >= 11 is 1.46. The minimum absolute atomic E-state index is 0.0182. The van der Waals surface area contributed by atoms with Crippen molar-refractivity contribution in [2.24, 2.45) is 0 Å². The van der Waals surface area contributed by atoms with Crippen molar-refractivity contribution in [2.75, 3.05) is 0 Å². The van der Waals surface area contributed by atoms with E-state index in [2.05, 4.69) is 15.0 Å². The van der Waals surface area contributed by atoms with Crippen LogP contribution in [0, 0.1) is 6.92 Å². The molecule has 2 heterocycles. The Labute approximate surface area is 89.5 Å². The summed E-state index contributed by atoms with van der Waals surface area (Å²) in [5.41, 5.74) is 1.04. The maximum Gasteiger partial charge on any atom is 0.355 e. The Bertz CT molecular complexity index is 510. The first-order chi connectivity index (χ1) is 7.18. The zero-order valence-corrected chi connectivity index (χ0v) is 8.65. The van der Waals surface area contributed by atoms with Gasteiger partial charge in [0.05, 0.1) is 16.3 Å². The van der Waals surface area contributed by atoms with Crippen LogP contribution in [0.25, 0.3) is 11.3 Å². The predicted molar refractivity (Wildman–Crippen MR) is 54.8 cm³/mol. The van der Waals surface area contributed by atoms with E-state index in [9.17, 15) is 4.79 Å². The van der Waals surface area contributed by atoms with E-state index in [1.165, 1.54) is 23.9 Å². The molecule has 15 heavy (non-hydrogen) atoms. The molecule has 0 radical (unpaired) electrons. The van der Waals surface area contributed by atoms with Gasteiger partial charge in [-0.05, 0) is 6.92 Å². The van der Waals surface area contributed by atoms with Crippen LogP contribution in [0.3, 0.4) is 0 Å². The van der Waals surface area contributed by atoms with Gasteiger partial charge in [0.25, 0.3) is 0 Å². The van der Waals surface area contributed by atoms with E-state index in [0.717, 1.165) is 5.01 Å². The van der Waals surface area contributed by atoms with Crippen molar-refractivity contribution in [3.05, 3.63) is 28.6 Å². The van der Waals surface area contributed by atoms with Crippen molar-refractivity contribution in [1.82, 2.24) is 15.0 Å². The second-order valence-corrected chi connectivity index (χ2v) is 3.90. The molecule has 6 heteroatoms. The van der Waals surface area contributed by atoms with Gasteiger partial charge in [-0.2, -0.15) is 0 Å². The highest BCUT2D eigenvalue weighted by Gasteiger charge is 2.14. The highest BCUT2D eigenvalue weighted by atomic mass is 32.1. The molecule has 0 bridgehead atoms. The van der Waals surface area contributed by atoms with Crippen molar-refractivity contribution in [3.8, 4) is 11.3 Å². The van der Waals surface area contributed by atoms with Crippen LogP contribution < -0.4 is 0 Å². The molecule has 0 spiro atoms. The van der Waals surface area contributed by atoms with E-state index in [0.29, 0.717) is 11.3 Å². The second kappa shape index (κ2) is 3.74. The number of carboxylic acid groups (broad SMARTS) is 1. The third-order valence-electron chi connectivity index (χ3n) is 1.81. The molecule has 0 atom stereocenters. The van der Waals surface area contributed by atoms with E-state index in [-0.39, 0.29) is 5.69 Å². The smallest absolute Gasteiger partial charge is 0.355 e. The molecule has 0 unspecified atom stereocenters. The van der Waals surface area contributed by atoms with Gasteiger partial charge < -0.3 is 5.11 Å². The maximum atomic E-state index is 10.9. The van der Waals surface area contributed by atoms with Crippen molar-refractivity contribution < 1.29 is 9.90 Å². The van der Waals surface area contributed by atoms with Crippen LogP contribution in [0.4, 0.5) is 0 Å². The van der Waals surface area contributed by atoms with E-state index in [1.807, 2.05) is 6.92 Å². The first-order valence-electron chi connectivity index (χ1n) is 4.14. The lowest BCUT2D eigenvalue weighted by atomic mass is 10.2. The first kappa shape index (κ1) is 9.72. The van der Waals surface area contributed by atoms with Gasteiger partial charge >= 0.3 is 5.97 Å². The van der Waals surface area contributed by atoms with Gasteiger partial charge in [0.1, 0.15) is 6.33 Å². The molecule has 2 aromatic rings. The van der Waals surface area contributed by atoms with E-state index in [4.69, 9.17) is 5.11 Å². The van der Waals surface area contributed by atoms with Crippen LogP contribution >= 0.6 is 11.3 Å². The Morgan fingerprint density at radius 3 is 2.93 bits per heavy atom. The number of rotatable bonds is 2. The fraction of sp³-hybridized carbons (Fsp3) is 0.111. The molecule has 1 N–H and O–H groups in total. The van der Waals surface area contributed by atoms with Crippen LogP contribution in [-0.4, -0.2) is 26.0 Å². The lowest BCUT2D eigenvalue weighted by molar-refractivity contribution is 0.0691. The van der Waals surface area contributed by atoms with Gasteiger partial charge in [0, 0.05) is 11.6 Å². The Morgan fingerprint density at radius 1 is 1.53 bits per heavy atom. The second-order valence-electron chi connectivity index (χ2n) is 2.84. The van der Waals surface area contributed by atoms with Crippen LogP contribution in [0.1, 0.15) is 15.5 Å². The van der Waals surface area contributed by atoms with Crippen molar-refractivity contribution in [2.45, 2.75) is 6.92 Å². The highest BCUT2D eigenvalue weighted by molar-refractivity contribution is 7.09. The minimum Gasteiger partial charge on any atom is -0.476 e. The van der Waals surface area contributed by atoms with Gasteiger partial charge in [-0.1, -0.05) is 0 Å². The predicted octanol–water partition coefficient (Wildman–Crippen LogP) is 1.61. The molecule has 0 aliphatic heterocycles. The summed E-state index contributed by atoms with van der Waals surface area (Å²) in [6.07, 6.45) is 2.68. The summed E-state index contributed by atoms with van der Waals surface area (Å²) in [6, 6.07) is 0. The van der Waals surface area contributed by atoms with E-state index < -0.39 is 5.97 Å². The maximum absolute atomic E-state index is 10.9. The third kappa shape index (κ3) is 1.84. The summed E-state index contributed by atoms with van der Waals surface area (Å²) in [5, 5.41) is 11.6. The van der Waals surface area contributed by atoms with Gasteiger partial charge in [0.2, 0.25) is 0 Å². The topological polar surface area (TPSA) is 76.0 Å². The molecule has 76 valence electrons. The molecule has 5 nitrogen and oxygen atoms in total. The Balaban J connectivity index is 2.57. The van der Waals surface area contributed by atoms with Gasteiger partial charge in [-0.15, -0.1) is 11.3 Å². The molecule has 0 saturated carbocycles. The first-order valence-corrected chi connectivity index (χ1v) is 5.02. The normalized spacial score (nSPS) is 10.2. The number of nitrogens with zero attached hydrogens (tertiary/aromatic N) is 3. The van der Waals surface area contributed by atoms with Gasteiger partial charge in [-0.25, -0.2) is 19.7 Å². The average molecular weight is 221 g/mol. The summed E-state index contributed by atoms with van der Waals surface area (Å²) in [4.78, 5) is 22.6. The number of aromatic nitrogens is 3. The zero-order valence-electron chi connectivity index (χ0n) is 7.84.